The van der Waals surface area contributed by atoms with Gasteiger partial charge in [0.1, 0.15) is 0 Å². The fourth-order valence-corrected chi connectivity index (χ4v) is 3.38. The Hall–Kier alpha value is -1.99. The van der Waals surface area contributed by atoms with E-state index in [4.69, 9.17) is 0 Å². The van der Waals surface area contributed by atoms with E-state index in [2.05, 4.69) is 10.0 Å². The van der Waals surface area contributed by atoms with Crippen LogP contribution in [0.1, 0.15) is 15.9 Å². The van der Waals surface area contributed by atoms with Gasteiger partial charge in [-0.3, -0.25) is 9.52 Å². The highest BCUT2D eigenvalue weighted by molar-refractivity contribution is 7.99. The number of rotatable bonds is 7. The Balaban J connectivity index is 1.90. The minimum absolute atomic E-state index is 0.281. The lowest BCUT2D eigenvalue weighted by Crippen LogP contribution is -2.27. The largest absolute Gasteiger partial charge is 0.351 e. The van der Waals surface area contributed by atoms with Gasteiger partial charge in [0.05, 0.1) is 17.5 Å². The standard InChI is InChI=1S/C17H20N2O3S2/c1-13-7-9-14(10-8-13)23-12-11-18-17(20)15-5-3-4-6-16(15)19-24(2,21)22/h3-10,19H,11-12H2,1-2H3,(H,18,20). The fraction of sp³-hybridized carbons (Fsp3) is 0.235. The summed E-state index contributed by atoms with van der Waals surface area (Å²) in [6.45, 7) is 2.53. The molecule has 0 aliphatic rings. The van der Waals surface area contributed by atoms with E-state index in [0.717, 1.165) is 16.9 Å². The van der Waals surface area contributed by atoms with Gasteiger partial charge in [-0.15, -0.1) is 11.8 Å². The molecule has 0 aromatic heterocycles. The maximum absolute atomic E-state index is 12.3. The molecule has 0 radical (unpaired) electrons. The van der Waals surface area contributed by atoms with Gasteiger partial charge in [0.25, 0.3) is 5.91 Å². The summed E-state index contributed by atoms with van der Waals surface area (Å²) in [7, 11) is -3.43. The van der Waals surface area contributed by atoms with Gasteiger partial charge in [0, 0.05) is 17.2 Å². The molecule has 0 heterocycles. The molecule has 0 bridgehead atoms. The predicted molar refractivity (Wildman–Crippen MR) is 99.1 cm³/mol. The molecule has 1 amide bonds. The number of para-hydroxylation sites is 1. The second kappa shape index (κ2) is 8.21. The van der Waals surface area contributed by atoms with Crippen molar-refractivity contribution in [3.63, 3.8) is 0 Å². The molecule has 2 rings (SSSR count). The van der Waals surface area contributed by atoms with Gasteiger partial charge in [0.15, 0.2) is 0 Å². The molecule has 0 unspecified atom stereocenters. The molecule has 0 fully saturated rings. The van der Waals surface area contributed by atoms with E-state index in [1.54, 1.807) is 36.0 Å². The average molecular weight is 364 g/mol. The van der Waals surface area contributed by atoms with Crippen LogP contribution in [0.15, 0.2) is 53.4 Å². The van der Waals surface area contributed by atoms with Gasteiger partial charge in [-0.05, 0) is 31.2 Å². The van der Waals surface area contributed by atoms with Gasteiger partial charge >= 0.3 is 0 Å². The number of thioether (sulfide) groups is 1. The molecule has 5 nitrogen and oxygen atoms in total. The van der Waals surface area contributed by atoms with Crippen molar-refractivity contribution >= 4 is 33.4 Å². The molecular weight excluding hydrogens is 344 g/mol. The monoisotopic (exact) mass is 364 g/mol. The first-order chi connectivity index (χ1) is 11.3. The van der Waals surface area contributed by atoms with Crippen molar-refractivity contribution in [2.75, 3.05) is 23.3 Å². The average Bonchev–Trinajstić information content (AvgIpc) is 2.52. The van der Waals surface area contributed by atoms with Crippen molar-refractivity contribution in [3.8, 4) is 0 Å². The van der Waals surface area contributed by atoms with Gasteiger partial charge < -0.3 is 5.32 Å². The smallest absolute Gasteiger partial charge is 0.253 e. The Morgan fingerprint density at radius 1 is 1.08 bits per heavy atom. The van der Waals surface area contributed by atoms with Crippen molar-refractivity contribution in [1.29, 1.82) is 0 Å². The summed E-state index contributed by atoms with van der Waals surface area (Å²) in [6.07, 6.45) is 1.06. The van der Waals surface area contributed by atoms with Crippen LogP contribution in [0.25, 0.3) is 0 Å². The van der Waals surface area contributed by atoms with Gasteiger partial charge in [0.2, 0.25) is 10.0 Å². The third-order valence-electron chi connectivity index (χ3n) is 3.14. The van der Waals surface area contributed by atoms with Crippen LogP contribution in [-0.2, 0) is 10.0 Å². The molecule has 0 atom stereocenters. The first kappa shape index (κ1) is 18.4. The number of carbonyl (C=O) groups is 1. The maximum atomic E-state index is 12.3. The Labute approximate surface area is 146 Å². The minimum Gasteiger partial charge on any atom is -0.351 e. The number of sulfonamides is 1. The predicted octanol–water partition coefficient (Wildman–Crippen LogP) is 2.89. The zero-order valence-corrected chi connectivity index (χ0v) is 15.2. The molecule has 0 saturated carbocycles. The van der Waals surface area contributed by atoms with E-state index in [0.29, 0.717) is 12.1 Å². The molecule has 0 spiro atoms. The zero-order valence-electron chi connectivity index (χ0n) is 13.6. The van der Waals surface area contributed by atoms with E-state index in [1.165, 1.54) is 5.56 Å². The van der Waals surface area contributed by atoms with Crippen LogP contribution in [0.5, 0.6) is 0 Å². The van der Waals surface area contributed by atoms with E-state index >= 15 is 0 Å². The molecule has 0 aliphatic carbocycles. The quantitative estimate of drug-likeness (QED) is 0.585. The number of carbonyl (C=O) groups excluding carboxylic acids is 1. The minimum atomic E-state index is -3.43. The molecule has 0 aliphatic heterocycles. The Morgan fingerprint density at radius 2 is 1.75 bits per heavy atom. The van der Waals surface area contributed by atoms with Crippen LogP contribution in [0, 0.1) is 6.92 Å². The van der Waals surface area contributed by atoms with Gasteiger partial charge in [-0.25, -0.2) is 8.42 Å². The van der Waals surface area contributed by atoms with Gasteiger partial charge in [-0.2, -0.15) is 0 Å². The second-order valence-electron chi connectivity index (χ2n) is 5.34. The Bertz CT molecular complexity index is 803. The van der Waals surface area contributed by atoms with Crippen LogP contribution in [-0.4, -0.2) is 32.9 Å². The molecule has 2 aromatic rings. The van der Waals surface area contributed by atoms with E-state index < -0.39 is 10.0 Å². The molecule has 2 N–H and O–H groups in total. The topological polar surface area (TPSA) is 75.3 Å². The molecule has 0 saturated heterocycles. The van der Waals surface area contributed by atoms with Crippen LogP contribution in [0.4, 0.5) is 5.69 Å². The van der Waals surface area contributed by atoms with Crippen LogP contribution >= 0.6 is 11.8 Å². The van der Waals surface area contributed by atoms with Crippen molar-refractivity contribution in [2.45, 2.75) is 11.8 Å². The van der Waals surface area contributed by atoms with E-state index in [1.807, 2.05) is 31.2 Å². The third-order valence-corrected chi connectivity index (χ3v) is 4.75. The SMILES string of the molecule is Cc1ccc(SCCNC(=O)c2ccccc2NS(C)(=O)=O)cc1. The lowest BCUT2D eigenvalue weighted by molar-refractivity contribution is 0.0957. The number of hydrogen-bond donors (Lipinski definition) is 2. The van der Waals surface area contributed by atoms with Crippen LogP contribution < -0.4 is 10.0 Å². The van der Waals surface area contributed by atoms with Crippen LogP contribution in [0.2, 0.25) is 0 Å². The number of amides is 1. The van der Waals surface area contributed by atoms with Crippen molar-refractivity contribution in [3.05, 3.63) is 59.7 Å². The van der Waals surface area contributed by atoms with Crippen molar-refractivity contribution in [2.24, 2.45) is 0 Å². The summed E-state index contributed by atoms with van der Waals surface area (Å²) in [5.74, 6) is 0.433. The Kier molecular flexibility index (Phi) is 6.28. The first-order valence-corrected chi connectivity index (χ1v) is 10.3. The summed E-state index contributed by atoms with van der Waals surface area (Å²) in [6, 6.07) is 14.7. The highest BCUT2D eigenvalue weighted by atomic mass is 32.2. The maximum Gasteiger partial charge on any atom is 0.253 e. The highest BCUT2D eigenvalue weighted by Gasteiger charge is 2.13. The van der Waals surface area contributed by atoms with E-state index in [9.17, 15) is 13.2 Å². The molecule has 128 valence electrons. The third kappa shape index (κ3) is 5.90. The van der Waals surface area contributed by atoms with Gasteiger partial charge in [-0.1, -0.05) is 29.8 Å². The van der Waals surface area contributed by atoms with Crippen molar-refractivity contribution < 1.29 is 13.2 Å². The lowest BCUT2D eigenvalue weighted by Gasteiger charge is -2.11. The zero-order chi connectivity index (χ0) is 17.6. The molecule has 24 heavy (non-hydrogen) atoms. The molecule has 2 aromatic carbocycles. The summed E-state index contributed by atoms with van der Waals surface area (Å²) < 4.78 is 25.1. The van der Waals surface area contributed by atoms with Crippen molar-refractivity contribution in [1.82, 2.24) is 5.32 Å². The molecular formula is C17H20N2O3S2. The number of nitrogens with one attached hydrogen (secondary N) is 2. The first-order valence-electron chi connectivity index (χ1n) is 7.39. The fourth-order valence-electron chi connectivity index (χ4n) is 2.03. The summed E-state index contributed by atoms with van der Waals surface area (Å²) >= 11 is 1.65. The highest BCUT2D eigenvalue weighted by Crippen LogP contribution is 2.18. The normalized spacial score (nSPS) is 11.1. The molecule has 7 heteroatoms. The number of hydrogen-bond acceptors (Lipinski definition) is 4. The lowest BCUT2D eigenvalue weighted by atomic mass is 10.2. The van der Waals surface area contributed by atoms with Crippen LogP contribution in [0.3, 0.4) is 0 Å². The summed E-state index contributed by atoms with van der Waals surface area (Å²) in [5, 5.41) is 2.81. The number of anilines is 1. The number of benzene rings is 2. The second-order valence-corrected chi connectivity index (χ2v) is 8.25. The van der Waals surface area contributed by atoms with E-state index in [-0.39, 0.29) is 11.6 Å². The Morgan fingerprint density at radius 3 is 2.42 bits per heavy atom. The summed E-state index contributed by atoms with van der Waals surface area (Å²) in [4.78, 5) is 13.4. The number of aryl methyl sites for hydroxylation is 1. The summed E-state index contributed by atoms with van der Waals surface area (Å²) in [5.41, 5.74) is 1.80.